The van der Waals surface area contributed by atoms with Crippen molar-refractivity contribution in [2.24, 2.45) is 0 Å². The molecule has 4 rings (SSSR count). The fourth-order valence-electron chi connectivity index (χ4n) is 4.30. The molecule has 1 unspecified atom stereocenters. The second-order valence-corrected chi connectivity index (χ2v) is 10.8. The summed E-state index contributed by atoms with van der Waals surface area (Å²) >= 11 is 0. The van der Waals surface area contributed by atoms with E-state index in [4.69, 9.17) is 4.74 Å². The van der Waals surface area contributed by atoms with Gasteiger partial charge in [-0.2, -0.15) is 17.6 Å². The van der Waals surface area contributed by atoms with Gasteiger partial charge in [-0.1, -0.05) is 36.4 Å². The number of rotatable bonds is 10. The van der Waals surface area contributed by atoms with E-state index in [0.29, 0.717) is 22.4 Å². The Labute approximate surface area is 230 Å². The monoisotopic (exact) mass is 608 g/mol. The molecule has 0 radical (unpaired) electrons. The van der Waals surface area contributed by atoms with Gasteiger partial charge < -0.3 is 19.1 Å². The predicted octanol–water partition coefficient (Wildman–Crippen LogP) is 5.98. The third-order valence-electron chi connectivity index (χ3n) is 5.91. The van der Waals surface area contributed by atoms with Crippen LogP contribution in [0.15, 0.2) is 66.7 Å². The van der Waals surface area contributed by atoms with Gasteiger partial charge in [-0.05, 0) is 41.5 Å². The number of hydrogen-bond acceptors (Lipinski definition) is 6. The molecule has 1 heterocycles. The van der Waals surface area contributed by atoms with E-state index in [1.807, 2.05) is 0 Å². The van der Waals surface area contributed by atoms with Crippen LogP contribution in [0.1, 0.15) is 11.6 Å². The van der Waals surface area contributed by atoms with E-state index in [0.717, 1.165) is 24.5 Å². The Morgan fingerprint density at radius 1 is 0.976 bits per heavy atom. The number of hydrogen-bond donors (Lipinski definition) is 1. The van der Waals surface area contributed by atoms with Crippen LogP contribution >= 0.6 is 0 Å². The maximum atomic E-state index is 13.5. The molecule has 0 aliphatic carbocycles. The number of benzene rings is 3. The highest BCUT2D eigenvalue weighted by atomic mass is 32.2. The van der Waals surface area contributed by atoms with Gasteiger partial charge in [0.25, 0.3) is 0 Å². The average Bonchev–Trinajstić information content (AvgIpc) is 2.86. The molecule has 1 N–H and O–H groups in total. The van der Waals surface area contributed by atoms with Crippen LogP contribution in [0.25, 0.3) is 11.1 Å². The first kappa shape index (κ1) is 30.2. The van der Waals surface area contributed by atoms with E-state index in [-0.39, 0.29) is 25.4 Å². The quantitative estimate of drug-likeness (QED) is 0.286. The van der Waals surface area contributed by atoms with E-state index in [2.05, 4.69) is 14.2 Å². The number of alkyl halides is 7. The molecule has 222 valence electrons. The van der Waals surface area contributed by atoms with Crippen molar-refractivity contribution in [3.05, 3.63) is 72.3 Å². The Bertz CT molecular complexity index is 1490. The molecule has 0 saturated heterocycles. The number of ether oxygens (including phenoxy) is 3. The molecule has 0 amide bonds. The number of para-hydroxylation sites is 1. The highest BCUT2D eigenvalue weighted by molar-refractivity contribution is 7.88. The van der Waals surface area contributed by atoms with Crippen LogP contribution in [0.2, 0.25) is 0 Å². The van der Waals surface area contributed by atoms with Gasteiger partial charge in [0, 0.05) is 18.7 Å². The first-order chi connectivity index (χ1) is 19.1. The van der Waals surface area contributed by atoms with Crippen LogP contribution < -0.4 is 23.8 Å². The van der Waals surface area contributed by atoms with E-state index < -0.39 is 46.5 Å². The maximum absolute atomic E-state index is 13.5. The number of halogens is 7. The molecule has 1 atom stereocenters. The minimum atomic E-state index is -4.90. The first-order valence-electron chi connectivity index (χ1n) is 11.9. The molecule has 3 aromatic carbocycles. The van der Waals surface area contributed by atoms with Crippen LogP contribution in [0.5, 0.6) is 17.2 Å². The smallest absolute Gasteiger partial charge is 0.488 e. The molecule has 41 heavy (non-hydrogen) atoms. The van der Waals surface area contributed by atoms with Crippen molar-refractivity contribution in [1.29, 1.82) is 0 Å². The molecule has 0 bridgehead atoms. The molecule has 3 aromatic rings. The van der Waals surface area contributed by atoms with Crippen molar-refractivity contribution >= 4 is 15.7 Å². The molecular weight excluding hydrogens is 585 g/mol. The molecule has 0 fully saturated rings. The lowest BCUT2D eigenvalue weighted by molar-refractivity contribution is -0.274. The summed E-state index contributed by atoms with van der Waals surface area (Å²) in [5.74, 6) is -0.708. The van der Waals surface area contributed by atoms with Crippen molar-refractivity contribution in [3.63, 3.8) is 0 Å². The summed E-state index contributed by atoms with van der Waals surface area (Å²) in [6.45, 7) is -0.142. The molecule has 1 aliphatic rings. The number of sulfonamides is 1. The third-order valence-corrected chi connectivity index (χ3v) is 6.64. The number of anilines is 1. The zero-order chi connectivity index (χ0) is 30.0. The lowest BCUT2D eigenvalue weighted by atomic mass is 9.98. The standard InChI is InChI=1S/C26H23F7N2O5S/c1-41(36,37)34-11-12-35-21-10-4-9-20(16-5-2-8-19(13-16)40-26(31,32)33)23(21)38-15-22(35)17-6-3-7-18(14-17)39-25(29,30)24(27)28/h2-10,13-14,22,24,34H,11-12,15H2,1H3. The average molecular weight is 609 g/mol. The lowest BCUT2D eigenvalue weighted by Gasteiger charge is -2.40. The highest BCUT2D eigenvalue weighted by Gasteiger charge is 2.44. The number of fused-ring (bicyclic) bond motifs is 1. The normalized spacial score (nSPS) is 15.8. The van der Waals surface area contributed by atoms with E-state index >= 15 is 0 Å². The van der Waals surface area contributed by atoms with Gasteiger partial charge >= 0.3 is 18.9 Å². The topological polar surface area (TPSA) is 77.1 Å². The summed E-state index contributed by atoms with van der Waals surface area (Å²) in [7, 11) is -3.58. The van der Waals surface area contributed by atoms with Crippen LogP contribution in [0, 0.1) is 0 Å². The van der Waals surface area contributed by atoms with E-state index in [9.17, 15) is 39.2 Å². The Balaban J connectivity index is 1.72. The summed E-state index contributed by atoms with van der Waals surface area (Å²) in [4.78, 5) is 1.71. The number of nitrogens with zero attached hydrogens (tertiary/aromatic N) is 1. The fraction of sp³-hybridized carbons (Fsp3) is 0.308. The molecule has 15 heteroatoms. The third kappa shape index (κ3) is 7.73. The Morgan fingerprint density at radius 3 is 2.29 bits per heavy atom. The molecular formula is C26H23F7N2O5S. The largest absolute Gasteiger partial charge is 0.573 e. The summed E-state index contributed by atoms with van der Waals surface area (Å²) in [6.07, 6.45) is -12.7. The van der Waals surface area contributed by atoms with Crippen molar-refractivity contribution in [2.75, 3.05) is 30.9 Å². The minimum Gasteiger partial charge on any atom is -0.488 e. The van der Waals surface area contributed by atoms with Gasteiger partial charge in [-0.25, -0.2) is 13.1 Å². The Kier molecular flexibility index (Phi) is 8.59. The molecule has 1 aliphatic heterocycles. The summed E-state index contributed by atoms with van der Waals surface area (Å²) in [6, 6.07) is 14.5. The van der Waals surface area contributed by atoms with Gasteiger partial charge in [0.1, 0.15) is 18.1 Å². The van der Waals surface area contributed by atoms with Crippen LogP contribution in [0.3, 0.4) is 0 Å². The van der Waals surface area contributed by atoms with Gasteiger partial charge in [0.15, 0.2) is 5.75 Å². The zero-order valence-electron chi connectivity index (χ0n) is 21.2. The van der Waals surface area contributed by atoms with E-state index in [1.165, 1.54) is 24.3 Å². The molecule has 0 spiro atoms. The lowest BCUT2D eigenvalue weighted by Crippen LogP contribution is -2.41. The van der Waals surface area contributed by atoms with Gasteiger partial charge in [-0.3, -0.25) is 0 Å². The molecule has 0 aromatic heterocycles. The summed E-state index contributed by atoms with van der Waals surface area (Å²) in [5, 5.41) is 0. The minimum absolute atomic E-state index is 0.0487. The van der Waals surface area contributed by atoms with E-state index in [1.54, 1.807) is 29.2 Å². The second-order valence-electron chi connectivity index (χ2n) is 8.95. The van der Waals surface area contributed by atoms with Crippen LogP contribution in [-0.2, 0) is 10.0 Å². The fourth-order valence-corrected chi connectivity index (χ4v) is 4.76. The van der Waals surface area contributed by atoms with Crippen LogP contribution in [-0.4, -0.2) is 53.3 Å². The van der Waals surface area contributed by atoms with Crippen molar-refractivity contribution in [1.82, 2.24) is 4.72 Å². The summed E-state index contributed by atoms with van der Waals surface area (Å²) < 4.78 is 131. The Morgan fingerprint density at radius 2 is 1.63 bits per heavy atom. The predicted molar refractivity (Wildman–Crippen MR) is 135 cm³/mol. The van der Waals surface area contributed by atoms with Crippen molar-refractivity contribution in [3.8, 4) is 28.4 Å². The zero-order valence-corrected chi connectivity index (χ0v) is 22.0. The second kappa shape index (κ2) is 11.6. The summed E-state index contributed by atoms with van der Waals surface area (Å²) in [5.41, 5.74) is 1.49. The Hall–Kier alpha value is -3.72. The maximum Gasteiger partial charge on any atom is 0.573 e. The van der Waals surface area contributed by atoms with Crippen LogP contribution in [0.4, 0.5) is 36.4 Å². The first-order valence-corrected chi connectivity index (χ1v) is 13.8. The van der Waals surface area contributed by atoms with Gasteiger partial charge in [-0.15, -0.1) is 13.2 Å². The van der Waals surface area contributed by atoms with Crippen molar-refractivity contribution < 1.29 is 53.4 Å². The van der Waals surface area contributed by atoms with Gasteiger partial charge in [0.05, 0.1) is 18.0 Å². The molecule has 0 saturated carbocycles. The van der Waals surface area contributed by atoms with Gasteiger partial charge in [0.2, 0.25) is 10.0 Å². The highest BCUT2D eigenvalue weighted by Crippen LogP contribution is 2.46. The molecule has 7 nitrogen and oxygen atoms in total. The van der Waals surface area contributed by atoms with Crippen molar-refractivity contribution in [2.45, 2.75) is 24.9 Å². The SMILES string of the molecule is CS(=O)(=O)NCCN1c2cccc(-c3cccc(OC(F)(F)F)c3)c2OCC1c1cccc(OC(F)(F)C(F)F)c1. The number of nitrogens with one attached hydrogen (secondary N) is 1.